The first-order valence-corrected chi connectivity index (χ1v) is 8.71. The third-order valence-corrected chi connectivity index (χ3v) is 4.60. The van der Waals surface area contributed by atoms with Crippen LogP contribution in [-0.2, 0) is 6.42 Å². The van der Waals surface area contributed by atoms with Gasteiger partial charge in [-0.15, -0.1) is 0 Å². The first kappa shape index (κ1) is 15.7. The summed E-state index contributed by atoms with van der Waals surface area (Å²) < 4.78 is 2.01. The summed E-state index contributed by atoms with van der Waals surface area (Å²) in [6, 6.07) is 1.84. The Hall–Kier alpha value is -2.83. The van der Waals surface area contributed by atoms with Crippen LogP contribution in [0.5, 0.6) is 0 Å². The lowest BCUT2D eigenvalue weighted by molar-refractivity contribution is 0.493. The molecule has 1 fully saturated rings. The quantitative estimate of drug-likeness (QED) is 0.729. The number of hydrogen-bond acceptors (Lipinski definition) is 6. The van der Waals surface area contributed by atoms with Crippen LogP contribution >= 0.6 is 0 Å². The minimum Gasteiger partial charge on any atom is -0.340 e. The molecule has 1 saturated heterocycles. The van der Waals surface area contributed by atoms with Gasteiger partial charge in [0.1, 0.15) is 5.82 Å². The van der Waals surface area contributed by atoms with Crippen molar-refractivity contribution in [3.63, 3.8) is 0 Å². The van der Waals surface area contributed by atoms with Crippen LogP contribution in [0.2, 0.25) is 0 Å². The molecular weight excluding hydrogens is 314 g/mol. The average molecular weight is 335 g/mol. The van der Waals surface area contributed by atoms with Crippen molar-refractivity contribution in [2.45, 2.75) is 32.1 Å². The van der Waals surface area contributed by atoms with Crippen LogP contribution < -0.4 is 4.90 Å². The Balaban J connectivity index is 1.58. The Labute approximate surface area is 146 Å². The van der Waals surface area contributed by atoms with Crippen LogP contribution in [0.3, 0.4) is 0 Å². The van der Waals surface area contributed by atoms with Gasteiger partial charge < -0.3 is 4.90 Å². The van der Waals surface area contributed by atoms with Crippen molar-refractivity contribution in [2.24, 2.45) is 0 Å². The Kier molecular flexibility index (Phi) is 4.37. The summed E-state index contributed by atoms with van der Waals surface area (Å²) in [6.07, 6.45) is 14.1. The number of aromatic nitrogens is 6. The zero-order valence-corrected chi connectivity index (χ0v) is 14.3. The zero-order valence-electron chi connectivity index (χ0n) is 14.3. The van der Waals surface area contributed by atoms with Crippen molar-refractivity contribution in [2.75, 3.05) is 18.0 Å². The molecule has 4 rings (SSSR count). The molecule has 0 spiro atoms. The molecule has 3 aromatic heterocycles. The minimum absolute atomic E-state index is 0.332. The normalized spacial score (nSPS) is 17.6. The lowest BCUT2D eigenvalue weighted by Gasteiger charge is -2.32. The van der Waals surface area contributed by atoms with Crippen molar-refractivity contribution >= 4 is 5.95 Å². The summed E-state index contributed by atoms with van der Waals surface area (Å²) in [5, 5.41) is 0. The predicted molar refractivity (Wildman–Crippen MR) is 94.8 cm³/mol. The second-order valence-corrected chi connectivity index (χ2v) is 6.20. The van der Waals surface area contributed by atoms with E-state index in [1.54, 1.807) is 18.6 Å². The van der Waals surface area contributed by atoms with E-state index >= 15 is 0 Å². The third kappa shape index (κ3) is 3.22. The molecule has 25 heavy (non-hydrogen) atoms. The molecule has 4 heterocycles. The van der Waals surface area contributed by atoms with Gasteiger partial charge in [-0.05, 0) is 18.9 Å². The molecule has 7 heteroatoms. The van der Waals surface area contributed by atoms with Crippen LogP contribution in [0.15, 0.2) is 43.2 Å². The van der Waals surface area contributed by atoms with E-state index in [0.717, 1.165) is 55.6 Å². The maximum atomic E-state index is 4.87. The number of aryl methyl sites for hydroxylation is 1. The van der Waals surface area contributed by atoms with Crippen molar-refractivity contribution in [1.29, 1.82) is 0 Å². The number of hydrogen-bond donors (Lipinski definition) is 0. The van der Waals surface area contributed by atoms with E-state index in [9.17, 15) is 0 Å². The Morgan fingerprint density at radius 3 is 2.84 bits per heavy atom. The fourth-order valence-corrected chi connectivity index (χ4v) is 3.34. The first-order valence-electron chi connectivity index (χ1n) is 8.71. The molecule has 7 nitrogen and oxygen atoms in total. The fraction of sp³-hybridized carbons (Fsp3) is 0.389. The summed E-state index contributed by atoms with van der Waals surface area (Å²) in [6.45, 7) is 3.94. The van der Waals surface area contributed by atoms with Crippen LogP contribution in [0.25, 0.3) is 5.82 Å². The molecule has 0 unspecified atom stereocenters. The highest BCUT2D eigenvalue weighted by molar-refractivity contribution is 5.32. The monoisotopic (exact) mass is 335 g/mol. The van der Waals surface area contributed by atoms with Gasteiger partial charge in [0.25, 0.3) is 0 Å². The van der Waals surface area contributed by atoms with Crippen LogP contribution in [0.1, 0.15) is 37.2 Å². The van der Waals surface area contributed by atoms with E-state index in [-0.39, 0.29) is 0 Å². The SMILES string of the molecule is CCc1nccn1-c1cncc([C@@H]2CCCN(c3ncccn3)C2)n1. The van der Waals surface area contributed by atoms with E-state index in [0.29, 0.717) is 5.92 Å². The summed E-state index contributed by atoms with van der Waals surface area (Å²) in [4.78, 5) is 24.7. The second-order valence-electron chi connectivity index (χ2n) is 6.20. The third-order valence-electron chi connectivity index (χ3n) is 4.60. The summed E-state index contributed by atoms with van der Waals surface area (Å²) in [7, 11) is 0. The smallest absolute Gasteiger partial charge is 0.225 e. The summed E-state index contributed by atoms with van der Waals surface area (Å²) in [5.41, 5.74) is 1.02. The lowest BCUT2D eigenvalue weighted by Crippen LogP contribution is -2.35. The van der Waals surface area contributed by atoms with E-state index in [4.69, 9.17) is 4.98 Å². The van der Waals surface area contributed by atoms with Gasteiger partial charge in [0.15, 0.2) is 5.82 Å². The van der Waals surface area contributed by atoms with Gasteiger partial charge in [0.2, 0.25) is 5.95 Å². The fourth-order valence-electron chi connectivity index (χ4n) is 3.34. The zero-order chi connectivity index (χ0) is 17.1. The Morgan fingerprint density at radius 1 is 1.12 bits per heavy atom. The number of piperidine rings is 1. The van der Waals surface area contributed by atoms with Crippen LogP contribution in [0.4, 0.5) is 5.95 Å². The summed E-state index contributed by atoms with van der Waals surface area (Å²) in [5.74, 6) is 2.95. The number of nitrogens with zero attached hydrogens (tertiary/aromatic N) is 7. The number of rotatable bonds is 4. The van der Waals surface area contributed by atoms with Crippen molar-refractivity contribution in [1.82, 2.24) is 29.5 Å². The van der Waals surface area contributed by atoms with Gasteiger partial charge in [-0.1, -0.05) is 6.92 Å². The maximum Gasteiger partial charge on any atom is 0.225 e. The predicted octanol–water partition coefficient (Wildman–Crippen LogP) is 2.40. The average Bonchev–Trinajstić information content (AvgIpc) is 3.18. The van der Waals surface area contributed by atoms with Crippen molar-refractivity contribution < 1.29 is 0 Å². The van der Waals surface area contributed by atoms with Crippen LogP contribution in [0, 0.1) is 0 Å². The molecule has 1 aliphatic heterocycles. The van der Waals surface area contributed by atoms with E-state index in [1.165, 1.54) is 0 Å². The van der Waals surface area contributed by atoms with Gasteiger partial charge in [0, 0.05) is 56.4 Å². The molecule has 0 bridgehead atoms. The largest absolute Gasteiger partial charge is 0.340 e. The molecule has 1 atom stereocenters. The molecule has 0 aromatic carbocycles. The molecular formula is C18H21N7. The van der Waals surface area contributed by atoms with E-state index in [2.05, 4.69) is 31.8 Å². The van der Waals surface area contributed by atoms with Crippen LogP contribution in [-0.4, -0.2) is 42.6 Å². The van der Waals surface area contributed by atoms with E-state index < -0.39 is 0 Å². The summed E-state index contributed by atoms with van der Waals surface area (Å²) >= 11 is 0. The molecule has 0 radical (unpaired) electrons. The van der Waals surface area contributed by atoms with Crippen molar-refractivity contribution in [3.05, 3.63) is 54.8 Å². The van der Waals surface area contributed by atoms with Gasteiger partial charge in [-0.2, -0.15) is 0 Å². The minimum atomic E-state index is 0.332. The van der Waals surface area contributed by atoms with Crippen molar-refractivity contribution in [3.8, 4) is 5.82 Å². The molecule has 3 aromatic rings. The molecule has 0 amide bonds. The highest BCUT2D eigenvalue weighted by Gasteiger charge is 2.24. The standard InChI is InChI=1S/C18H21N7/c1-2-16-20-8-10-25(16)17-12-19-11-15(23-17)14-5-3-9-24(13-14)18-21-6-4-7-22-18/h4,6-8,10-12,14H,2-3,5,9,13H2,1H3/t14-/m1/s1. The van der Waals surface area contributed by atoms with Gasteiger partial charge in [0.05, 0.1) is 11.9 Å². The molecule has 0 saturated carbocycles. The van der Waals surface area contributed by atoms with E-state index in [1.807, 2.05) is 29.2 Å². The second kappa shape index (κ2) is 6.96. The van der Waals surface area contributed by atoms with Gasteiger partial charge in [-0.25, -0.2) is 19.9 Å². The maximum absolute atomic E-state index is 4.87. The molecule has 0 aliphatic carbocycles. The lowest BCUT2D eigenvalue weighted by atomic mass is 9.95. The topological polar surface area (TPSA) is 72.6 Å². The number of anilines is 1. The van der Waals surface area contributed by atoms with Gasteiger partial charge >= 0.3 is 0 Å². The highest BCUT2D eigenvalue weighted by Crippen LogP contribution is 2.27. The molecule has 1 aliphatic rings. The highest BCUT2D eigenvalue weighted by atomic mass is 15.3. The molecule has 128 valence electrons. The Bertz CT molecular complexity index is 830. The van der Waals surface area contributed by atoms with Gasteiger partial charge in [-0.3, -0.25) is 9.55 Å². The number of imidazole rings is 1. The molecule has 0 N–H and O–H groups in total. The Morgan fingerprint density at radius 2 is 2.00 bits per heavy atom. The first-order chi connectivity index (χ1) is 12.3.